The van der Waals surface area contributed by atoms with Crippen LogP contribution in [0.1, 0.15) is 46.9 Å². The predicted octanol–water partition coefficient (Wildman–Crippen LogP) is 2.45. The lowest BCUT2D eigenvalue weighted by molar-refractivity contribution is 0.0523. The summed E-state index contributed by atoms with van der Waals surface area (Å²) >= 11 is 0. The minimum Gasteiger partial charge on any atom is -0.462 e. The molecule has 0 radical (unpaired) electrons. The zero-order chi connectivity index (χ0) is 11.5. The molecule has 3 heteroatoms. The zero-order valence-electron chi connectivity index (χ0n) is 9.88. The summed E-state index contributed by atoms with van der Waals surface area (Å²) in [5.74, 6) is -0.216. The zero-order valence-corrected chi connectivity index (χ0v) is 9.88. The van der Waals surface area contributed by atoms with E-state index in [9.17, 15) is 4.79 Å². The molecular weight excluding hydrogens is 202 g/mol. The molecule has 3 nitrogen and oxygen atoms in total. The number of carbonyl (C=O) groups excluding carboxylic acids is 1. The van der Waals surface area contributed by atoms with Crippen molar-refractivity contribution in [2.24, 2.45) is 0 Å². The van der Waals surface area contributed by atoms with Crippen LogP contribution < -0.4 is 0 Å². The van der Waals surface area contributed by atoms with Crippen molar-refractivity contribution >= 4 is 5.97 Å². The number of ether oxygens (including phenoxy) is 1. The molecule has 0 amide bonds. The summed E-state index contributed by atoms with van der Waals surface area (Å²) in [6.07, 6.45) is 6.28. The molecule has 86 valence electrons. The van der Waals surface area contributed by atoms with E-state index >= 15 is 0 Å². The maximum absolute atomic E-state index is 11.9. The molecule has 1 heterocycles. The molecule has 0 bridgehead atoms. The van der Waals surface area contributed by atoms with Gasteiger partial charge in [0.25, 0.3) is 0 Å². The average molecular weight is 219 g/mol. The fraction of sp³-hybridized carbons (Fsp3) is 0.538. The number of rotatable bonds is 2. The van der Waals surface area contributed by atoms with Crippen molar-refractivity contribution in [2.45, 2.75) is 39.5 Å². The Balaban J connectivity index is 2.45. The number of nitrogens with zero attached hydrogens (tertiary/aromatic N) is 1. The molecule has 1 aliphatic rings. The molecule has 0 saturated heterocycles. The normalized spacial score (nSPS) is 14.4. The van der Waals surface area contributed by atoms with E-state index in [1.165, 1.54) is 12.0 Å². The molecule has 0 spiro atoms. The Labute approximate surface area is 95.8 Å². The molecule has 0 N–H and O–H groups in total. The lowest BCUT2D eigenvalue weighted by Crippen LogP contribution is -2.16. The summed E-state index contributed by atoms with van der Waals surface area (Å²) in [4.78, 5) is 16.2. The van der Waals surface area contributed by atoms with Gasteiger partial charge in [0, 0.05) is 6.20 Å². The van der Waals surface area contributed by atoms with Crippen LogP contribution in [0.2, 0.25) is 0 Å². The van der Waals surface area contributed by atoms with E-state index in [1.807, 2.05) is 20.0 Å². The molecule has 0 atom stereocenters. The summed E-state index contributed by atoms with van der Waals surface area (Å²) in [5.41, 5.74) is 3.88. The minimum atomic E-state index is -0.216. The van der Waals surface area contributed by atoms with Crippen LogP contribution in [0.25, 0.3) is 0 Å². The molecule has 0 unspecified atom stereocenters. The van der Waals surface area contributed by atoms with Crippen LogP contribution in [-0.4, -0.2) is 17.6 Å². The Morgan fingerprint density at radius 2 is 2.19 bits per heavy atom. The maximum atomic E-state index is 11.9. The number of aromatic nitrogens is 1. The first-order valence-corrected chi connectivity index (χ1v) is 5.88. The van der Waals surface area contributed by atoms with Gasteiger partial charge < -0.3 is 4.74 Å². The van der Waals surface area contributed by atoms with E-state index in [1.54, 1.807) is 0 Å². The topological polar surface area (TPSA) is 39.2 Å². The van der Waals surface area contributed by atoms with Crippen LogP contribution in [0.4, 0.5) is 0 Å². The fourth-order valence-corrected chi connectivity index (χ4v) is 2.29. The molecule has 2 rings (SSSR count). The van der Waals surface area contributed by atoms with Crippen LogP contribution in [0, 0.1) is 6.92 Å². The second-order valence-electron chi connectivity index (χ2n) is 4.15. The number of fused-ring (bicyclic) bond motifs is 1. The largest absolute Gasteiger partial charge is 0.462 e. The van der Waals surface area contributed by atoms with Gasteiger partial charge in [-0.05, 0) is 50.7 Å². The molecule has 1 aliphatic carbocycles. The van der Waals surface area contributed by atoms with Gasteiger partial charge in [-0.25, -0.2) is 4.79 Å². The molecule has 0 fully saturated rings. The highest BCUT2D eigenvalue weighted by Crippen LogP contribution is 2.25. The minimum absolute atomic E-state index is 0.216. The van der Waals surface area contributed by atoms with Crippen molar-refractivity contribution in [3.8, 4) is 0 Å². The summed E-state index contributed by atoms with van der Waals surface area (Å²) in [6.45, 7) is 4.12. The van der Waals surface area contributed by atoms with E-state index in [0.717, 1.165) is 30.5 Å². The van der Waals surface area contributed by atoms with Crippen LogP contribution in [0.3, 0.4) is 0 Å². The first-order chi connectivity index (χ1) is 7.74. The Hall–Kier alpha value is -1.38. The third-order valence-corrected chi connectivity index (χ3v) is 3.07. The van der Waals surface area contributed by atoms with Gasteiger partial charge in [0.05, 0.1) is 17.9 Å². The van der Waals surface area contributed by atoms with Crippen molar-refractivity contribution in [1.29, 1.82) is 0 Å². The van der Waals surface area contributed by atoms with Gasteiger partial charge in [0.15, 0.2) is 0 Å². The Morgan fingerprint density at radius 3 is 2.94 bits per heavy atom. The monoisotopic (exact) mass is 219 g/mol. The number of hydrogen-bond donors (Lipinski definition) is 0. The summed E-state index contributed by atoms with van der Waals surface area (Å²) in [5, 5.41) is 0. The Bertz CT molecular complexity index is 413. The third-order valence-electron chi connectivity index (χ3n) is 3.07. The molecule has 0 aliphatic heterocycles. The highest BCUT2D eigenvalue weighted by Gasteiger charge is 2.21. The smallest absolute Gasteiger partial charge is 0.340 e. The number of pyridine rings is 1. The lowest BCUT2D eigenvalue weighted by Gasteiger charge is -2.19. The summed E-state index contributed by atoms with van der Waals surface area (Å²) < 4.78 is 5.10. The van der Waals surface area contributed by atoms with Gasteiger partial charge in [-0.15, -0.1) is 0 Å². The predicted molar refractivity (Wildman–Crippen MR) is 61.6 cm³/mol. The van der Waals surface area contributed by atoms with Crippen LogP contribution in [-0.2, 0) is 17.6 Å². The first kappa shape index (κ1) is 11.1. The molecular formula is C13H17NO2. The molecule has 0 saturated carbocycles. The number of hydrogen-bond acceptors (Lipinski definition) is 3. The SMILES string of the molecule is CCOC(=O)c1c(C)ncc2c1CCCC2. The van der Waals surface area contributed by atoms with Crippen molar-refractivity contribution in [3.63, 3.8) is 0 Å². The van der Waals surface area contributed by atoms with E-state index in [2.05, 4.69) is 4.98 Å². The van der Waals surface area contributed by atoms with E-state index < -0.39 is 0 Å². The molecule has 1 aromatic heterocycles. The first-order valence-electron chi connectivity index (χ1n) is 5.88. The second kappa shape index (κ2) is 4.64. The van der Waals surface area contributed by atoms with E-state index in [-0.39, 0.29) is 5.97 Å². The van der Waals surface area contributed by atoms with Crippen molar-refractivity contribution in [1.82, 2.24) is 4.98 Å². The number of aryl methyl sites for hydroxylation is 2. The van der Waals surface area contributed by atoms with Crippen molar-refractivity contribution < 1.29 is 9.53 Å². The van der Waals surface area contributed by atoms with Gasteiger partial charge in [0.1, 0.15) is 0 Å². The van der Waals surface area contributed by atoms with Gasteiger partial charge in [-0.2, -0.15) is 0 Å². The van der Waals surface area contributed by atoms with E-state index in [4.69, 9.17) is 4.74 Å². The van der Waals surface area contributed by atoms with E-state index in [0.29, 0.717) is 12.2 Å². The second-order valence-corrected chi connectivity index (χ2v) is 4.15. The summed E-state index contributed by atoms with van der Waals surface area (Å²) in [7, 11) is 0. The molecule has 16 heavy (non-hydrogen) atoms. The lowest BCUT2D eigenvalue weighted by atomic mass is 9.89. The van der Waals surface area contributed by atoms with Gasteiger partial charge in [-0.1, -0.05) is 0 Å². The number of esters is 1. The van der Waals surface area contributed by atoms with Crippen LogP contribution >= 0.6 is 0 Å². The van der Waals surface area contributed by atoms with Gasteiger partial charge in [0.2, 0.25) is 0 Å². The highest BCUT2D eigenvalue weighted by molar-refractivity contribution is 5.92. The average Bonchev–Trinajstić information content (AvgIpc) is 2.29. The van der Waals surface area contributed by atoms with Crippen LogP contribution in [0.15, 0.2) is 6.20 Å². The van der Waals surface area contributed by atoms with Crippen molar-refractivity contribution in [2.75, 3.05) is 6.61 Å². The van der Waals surface area contributed by atoms with Gasteiger partial charge >= 0.3 is 5.97 Å². The van der Waals surface area contributed by atoms with Crippen molar-refractivity contribution in [3.05, 3.63) is 28.6 Å². The third kappa shape index (κ3) is 1.94. The van der Waals surface area contributed by atoms with Gasteiger partial charge in [-0.3, -0.25) is 4.98 Å². The van der Waals surface area contributed by atoms with Crippen LogP contribution in [0.5, 0.6) is 0 Å². The molecule has 0 aromatic carbocycles. The standard InChI is InChI=1S/C13H17NO2/c1-3-16-13(15)12-9(2)14-8-10-6-4-5-7-11(10)12/h8H,3-7H2,1-2H3. The Morgan fingerprint density at radius 1 is 1.44 bits per heavy atom. The number of carbonyl (C=O) groups is 1. The maximum Gasteiger partial charge on any atom is 0.340 e. The molecule has 1 aromatic rings. The highest BCUT2D eigenvalue weighted by atomic mass is 16.5. The Kier molecular flexibility index (Phi) is 3.22. The quantitative estimate of drug-likeness (QED) is 0.717. The summed E-state index contributed by atoms with van der Waals surface area (Å²) in [6, 6.07) is 0. The fourth-order valence-electron chi connectivity index (χ4n) is 2.29.